The molecule has 8 heteroatoms. The van der Waals surface area contributed by atoms with Crippen LogP contribution in [-0.4, -0.2) is 30.3 Å². The lowest BCUT2D eigenvalue weighted by molar-refractivity contribution is -0.385. The van der Waals surface area contributed by atoms with Gasteiger partial charge >= 0.3 is 0 Å². The summed E-state index contributed by atoms with van der Waals surface area (Å²) in [6.45, 7) is 4.78. The van der Waals surface area contributed by atoms with E-state index in [1.54, 1.807) is 36.4 Å². The van der Waals surface area contributed by atoms with Crippen LogP contribution in [0.3, 0.4) is 0 Å². The number of carbonyl (C=O) groups excluding carboxylic acids is 1. The van der Waals surface area contributed by atoms with Crippen molar-refractivity contribution in [1.82, 2.24) is 5.43 Å². The van der Waals surface area contributed by atoms with Crippen molar-refractivity contribution >= 4 is 17.8 Å². The van der Waals surface area contributed by atoms with Gasteiger partial charge in [0.05, 0.1) is 30.8 Å². The van der Waals surface area contributed by atoms with Crippen LogP contribution < -0.4 is 14.9 Å². The van der Waals surface area contributed by atoms with Gasteiger partial charge in [-0.1, -0.05) is 18.2 Å². The lowest BCUT2D eigenvalue weighted by atomic mass is 10.1. The normalized spacial score (nSPS) is 10.6. The van der Waals surface area contributed by atoms with Crippen LogP contribution in [0.15, 0.2) is 47.6 Å². The van der Waals surface area contributed by atoms with Gasteiger partial charge in [0.15, 0.2) is 11.5 Å². The number of rotatable bonds is 9. The van der Waals surface area contributed by atoms with E-state index in [2.05, 4.69) is 10.5 Å². The monoisotopic (exact) mass is 371 g/mol. The summed E-state index contributed by atoms with van der Waals surface area (Å²) in [4.78, 5) is 22.5. The van der Waals surface area contributed by atoms with Crippen molar-refractivity contribution in [1.29, 1.82) is 0 Å². The summed E-state index contributed by atoms with van der Waals surface area (Å²) in [5.41, 5.74) is 3.32. The molecular formula is C19H21N3O5. The van der Waals surface area contributed by atoms with Crippen molar-refractivity contribution < 1.29 is 19.2 Å². The van der Waals surface area contributed by atoms with E-state index in [-0.39, 0.29) is 12.1 Å². The molecule has 0 aromatic heterocycles. The quantitative estimate of drug-likeness (QED) is 0.414. The fourth-order valence-corrected chi connectivity index (χ4v) is 2.38. The molecule has 0 spiro atoms. The number of nitro benzene ring substituents is 1. The van der Waals surface area contributed by atoms with Gasteiger partial charge < -0.3 is 9.47 Å². The number of hydrazone groups is 1. The Balaban J connectivity index is 2.01. The number of benzene rings is 2. The van der Waals surface area contributed by atoms with Crippen LogP contribution in [0.5, 0.6) is 11.5 Å². The van der Waals surface area contributed by atoms with Crippen LogP contribution in [0, 0.1) is 10.1 Å². The predicted octanol–water partition coefficient (Wildman–Crippen LogP) is 3.09. The maximum absolute atomic E-state index is 12.0. The second-order valence-electron chi connectivity index (χ2n) is 5.43. The van der Waals surface area contributed by atoms with Gasteiger partial charge in [-0.2, -0.15) is 5.10 Å². The molecule has 0 aliphatic rings. The fraction of sp³-hybridized carbons (Fsp3) is 0.263. The van der Waals surface area contributed by atoms with Crippen molar-refractivity contribution in [2.45, 2.75) is 20.3 Å². The molecule has 0 heterocycles. The summed E-state index contributed by atoms with van der Waals surface area (Å²) >= 11 is 0. The first-order valence-electron chi connectivity index (χ1n) is 8.49. The van der Waals surface area contributed by atoms with Gasteiger partial charge in [0, 0.05) is 11.6 Å². The van der Waals surface area contributed by atoms with E-state index in [1.165, 1.54) is 12.3 Å². The van der Waals surface area contributed by atoms with Crippen molar-refractivity contribution in [3.63, 3.8) is 0 Å². The van der Waals surface area contributed by atoms with E-state index < -0.39 is 10.8 Å². The van der Waals surface area contributed by atoms with Gasteiger partial charge in [0.2, 0.25) is 5.91 Å². The molecule has 1 N–H and O–H groups in total. The molecule has 0 atom stereocenters. The number of para-hydroxylation sites is 1. The number of nitro groups is 1. The molecule has 0 aliphatic carbocycles. The van der Waals surface area contributed by atoms with Crippen LogP contribution in [0.4, 0.5) is 5.69 Å². The highest BCUT2D eigenvalue weighted by molar-refractivity contribution is 5.84. The Labute approximate surface area is 157 Å². The summed E-state index contributed by atoms with van der Waals surface area (Å²) in [7, 11) is 0. The zero-order valence-electron chi connectivity index (χ0n) is 15.2. The summed E-state index contributed by atoms with van der Waals surface area (Å²) in [5.74, 6) is 0.781. The molecule has 0 bridgehead atoms. The number of carbonyl (C=O) groups is 1. The second kappa shape index (κ2) is 9.91. The fourth-order valence-electron chi connectivity index (χ4n) is 2.38. The Kier molecular flexibility index (Phi) is 7.30. The number of hydrogen-bond acceptors (Lipinski definition) is 6. The number of hydrogen-bond donors (Lipinski definition) is 1. The highest BCUT2D eigenvalue weighted by atomic mass is 16.6. The lowest BCUT2D eigenvalue weighted by Gasteiger charge is -2.11. The molecule has 0 aliphatic heterocycles. The largest absolute Gasteiger partial charge is 0.490 e. The average molecular weight is 371 g/mol. The lowest BCUT2D eigenvalue weighted by Crippen LogP contribution is -2.20. The minimum absolute atomic E-state index is 0.0931. The van der Waals surface area contributed by atoms with Crippen LogP contribution in [0.2, 0.25) is 0 Å². The van der Waals surface area contributed by atoms with Crippen LogP contribution in [0.1, 0.15) is 25.0 Å². The Hall–Kier alpha value is -3.42. The molecule has 0 saturated heterocycles. The minimum atomic E-state index is -0.513. The maximum Gasteiger partial charge on any atom is 0.273 e. The average Bonchev–Trinajstić information content (AvgIpc) is 2.64. The van der Waals surface area contributed by atoms with E-state index >= 15 is 0 Å². The van der Waals surface area contributed by atoms with Crippen molar-refractivity contribution in [3.8, 4) is 11.5 Å². The van der Waals surface area contributed by atoms with E-state index in [1.807, 2.05) is 13.8 Å². The highest BCUT2D eigenvalue weighted by Crippen LogP contribution is 2.28. The molecule has 0 radical (unpaired) electrons. The minimum Gasteiger partial charge on any atom is -0.490 e. The summed E-state index contributed by atoms with van der Waals surface area (Å²) < 4.78 is 11.0. The number of nitrogens with one attached hydrogen (secondary N) is 1. The molecule has 0 unspecified atom stereocenters. The molecule has 1 amide bonds. The molecule has 27 heavy (non-hydrogen) atoms. The third kappa shape index (κ3) is 5.81. The first-order chi connectivity index (χ1) is 13.0. The van der Waals surface area contributed by atoms with E-state index in [9.17, 15) is 14.9 Å². The van der Waals surface area contributed by atoms with Gasteiger partial charge in [-0.25, -0.2) is 5.43 Å². The maximum atomic E-state index is 12.0. The zero-order valence-corrected chi connectivity index (χ0v) is 15.2. The summed E-state index contributed by atoms with van der Waals surface area (Å²) in [6.07, 6.45) is 1.33. The third-order valence-electron chi connectivity index (χ3n) is 3.51. The Morgan fingerprint density at radius 3 is 2.56 bits per heavy atom. The van der Waals surface area contributed by atoms with E-state index in [4.69, 9.17) is 9.47 Å². The third-order valence-corrected chi connectivity index (χ3v) is 3.51. The van der Waals surface area contributed by atoms with Crippen LogP contribution in [0.25, 0.3) is 0 Å². The van der Waals surface area contributed by atoms with Crippen molar-refractivity contribution in [3.05, 3.63) is 63.7 Å². The molecule has 0 saturated carbocycles. The molecule has 2 rings (SSSR count). The first kappa shape index (κ1) is 19.9. The summed E-state index contributed by atoms with van der Waals surface area (Å²) in [6, 6.07) is 11.4. The van der Waals surface area contributed by atoms with Gasteiger partial charge in [-0.3, -0.25) is 14.9 Å². The Bertz CT molecular complexity index is 836. The topological polar surface area (TPSA) is 103 Å². The molecule has 142 valence electrons. The van der Waals surface area contributed by atoms with E-state index in [0.717, 1.165) is 0 Å². The molecule has 8 nitrogen and oxygen atoms in total. The van der Waals surface area contributed by atoms with Crippen molar-refractivity contribution in [2.75, 3.05) is 13.2 Å². The summed E-state index contributed by atoms with van der Waals surface area (Å²) in [5, 5.41) is 14.9. The molecule has 2 aromatic rings. The number of ether oxygens (including phenoxy) is 2. The van der Waals surface area contributed by atoms with Crippen LogP contribution in [-0.2, 0) is 11.2 Å². The smallest absolute Gasteiger partial charge is 0.273 e. The van der Waals surface area contributed by atoms with Crippen LogP contribution >= 0.6 is 0 Å². The van der Waals surface area contributed by atoms with Gasteiger partial charge in [-0.15, -0.1) is 0 Å². The van der Waals surface area contributed by atoms with E-state index in [0.29, 0.717) is 35.8 Å². The Morgan fingerprint density at radius 1 is 1.15 bits per heavy atom. The van der Waals surface area contributed by atoms with Gasteiger partial charge in [-0.05, 0) is 37.6 Å². The molecular weight excluding hydrogens is 350 g/mol. The molecule has 0 fully saturated rings. The Morgan fingerprint density at radius 2 is 1.85 bits per heavy atom. The highest BCUT2D eigenvalue weighted by Gasteiger charge is 2.15. The van der Waals surface area contributed by atoms with Gasteiger partial charge in [0.1, 0.15) is 0 Å². The number of nitrogens with zero attached hydrogens (tertiary/aromatic N) is 2. The molecule has 2 aromatic carbocycles. The van der Waals surface area contributed by atoms with Crippen molar-refractivity contribution in [2.24, 2.45) is 5.10 Å². The first-order valence-corrected chi connectivity index (χ1v) is 8.49. The number of amides is 1. The standard InChI is InChI=1S/C19H21N3O5/c1-3-26-17-10-9-14(11-18(17)27-4-2)13-20-21-19(23)12-15-7-5-6-8-16(15)22(24)25/h5-11,13H,3-4,12H2,1-2H3,(H,21,23)/b20-13+. The SMILES string of the molecule is CCOc1ccc(/C=N/NC(=O)Cc2ccccc2[N+](=O)[O-])cc1OCC. The predicted molar refractivity (Wildman–Crippen MR) is 101 cm³/mol. The second-order valence-corrected chi connectivity index (χ2v) is 5.43. The van der Waals surface area contributed by atoms with Gasteiger partial charge in [0.25, 0.3) is 5.69 Å². The zero-order chi connectivity index (χ0) is 19.6.